The molecular weight excluding hydrogens is 214 g/mol. The highest BCUT2D eigenvalue weighted by Gasteiger charge is 2.12. The highest BCUT2D eigenvalue weighted by molar-refractivity contribution is 8.12. The van der Waals surface area contributed by atoms with Crippen LogP contribution in [0.25, 0.3) is 0 Å². The van der Waals surface area contributed by atoms with Gasteiger partial charge < -0.3 is 0 Å². The van der Waals surface area contributed by atoms with Gasteiger partial charge in [0.25, 0.3) is 0 Å². The van der Waals surface area contributed by atoms with Crippen molar-refractivity contribution in [3.63, 3.8) is 0 Å². The van der Waals surface area contributed by atoms with Crippen LogP contribution in [-0.4, -0.2) is 21.1 Å². The molecule has 0 fully saturated rings. The summed E-state index contributed by atoms with van der Waals surface area (Å²) in [7, 11) is 0. The van der Waals surface area contributed by atoms with Gasteiger partial charge in [-0.3, -0.25) is 4.79 Å². The molecule has 0 heterocycles. The lowest BCUT2D eigenvalue weighted by Gasteiger charge is -2.17. The molecule has 0 saturated carbocycles. The minimum absolute atomic E-state index is 0.172. The molecule has 0 rings (SSSR count). The van der Waals surface area contributed by atoms with Gasteiger partial charge in [0, 0.05) is 17.9 Å². The molecule has 0 bridgehead atoms. The van der Waals surface area contributed by atoms with E-state index in [0.717, 1.165) is 17.9 Å². The quantitative estimate of drug-likeness (QED) is 0.472. The average Bonchev–Trinajstić information content (AvgIpc) is 2.18. The van der Waals surface area contributed by atoms with E-state index in [0.29, 0.717) is 6.42 Å². The van der Waals surface area contributed by atoms with Crippen molar-refractivity contribution >= 4 is 29.8 Å². The van der Waals surface area contributed by atoms with Crippen molar-refractivity contribution in [2.75, 3.05) is 11.5 Å². The SMILES string of the molecule is C=CCSN(SCC=C)C(=O)CCC. The summed E-state index contributed by atoms with van der Waals surface area (Å²) in [6, 6.07) is 0. The molecule has 80 valence electrons. The summed E-state index contributed by atoms with van der Waals surface area (Å²) in [4.78, 5) is 11.6. The Hall–Kier alpha value is -0.350. The fourth-order valence-electron chi connectivity index (χ4n) is 0.727. The van der Waals surface area contributed by atoms with Crippen molar-refractivity contribution in [2.45, 2.75) is 19.8 Å². The van der Waals surface area contributed by atoms with Gasteiger partial charge in [-0.05, 0) is 30.3 Å². The predicted molar refractivity (Wildman–Crippen MR) is 67.1 cm³/mol. The first-order valence-corrected chi connectivity index (χ1v) is 6.45. The standard InChI is InChI=1S/C10H17NOS2/c1-4-7-10(12)11(13-8-5-2)14-9-6-3/h5-6H,2-4,7-9H2,1H3. The van der Waals surface area contributed by atoms with Gasteiger partial charge >= 0.3 is 0 Å². The summed E-state index contributed by atoms with van der Waals surface area (Å²) in [6.07, 6.45) is 5.09. The van der Waals surface area contributed by atoms with Crippen LogP contribution in [-0.2, 0) is 4.79 Å². The number of nitrogens with zero attached hydrogens (tertiary/aromatic N) is 1. The molecule has 0 aliphatic heterocycles. The van der Waals surface area contributed by atoms with Gasteiger partial charge in [0.15, 0.2) is 0 Å². The Balaban J connectivity index is 3.99. The maximum atomic E-state index is 11.6. The van der Waals surface area contributed by atoms with Crippen LogP contribution in [0.5, 0.6) is 0 Å². The van der Waals surface area contributed by atoms with Crippen molar-refractivity contribution in [3.8, 4) is 0 Å². The molecule has 0 N–H and O–H groups in total. The van der Waals surface area contributed by atoms with Crippen LogP contribution < -0.4 is 0 Å². The van der Waals surface area contributed by atoms with E-state index in [4.69, 9.17) is 0 Å². The second kappa shape index (κ2) is 9.21. The number of carbonyl (C=O) groups is 1. The number of rotatable bonds is 8. The fraction of sp³-hybridized carbons (Fsp3) is 0.500. The molecule has 0 aromatic carbocycles. The first kappa shape index (κ1) is 13.7. The van der Waals surface area contributed by atoms with Gasteiger partial charge in [0.1, 0.15) is 0 Å². The molecule has 1 amide bonds. The lowest BCUT2D eigenvalue weighted by molar-refractivity contribution is -0.122. The molecule has 0 aromatic heterocycles. The fourth-order valence-corrected chi connectivity index (χ4v) is 2.34. The Morgan fingerprint density at radius 1 is 1.29 bits per heavy atom. The number of carbonyl (C=O) groups excluding carboxylic acids is 1. The molecule has 0 aliphatic rings. The first-order valence-electron chi connectivity index (χ1n) is 4.56. The van der Waals surface area contributed by atoms with E-state index < -0.39 is 0 Å². The van der Waals surface area contributed by atoms with Crippen LogP contribution in [0.3, 0.4) is 0 Å². The van der Waals surface area contributed by atoms with E-state index in [1.54, 1.807) is 15.9 Å². The normalized spacial score (nSPS) is 9.50. The molecule has 0 aromatic rings. The third kappa shape index (κ3) is 6.16. The van der Waals surface area contributed by atoms with Gasteiger partial charge in [-0.2, -0.15) is 0 Å². The van der Waals surface area contributed by atoms with Crippen molar-refractivity contribution in [1.29, 1.82) is 0 Å². The Kier molecular flexibility index (Phi) is 8.98. The van der Waals surface area contributed by atoms with Crippen molar-refractivity contribution < 1.29 is 4.79 Å². The third-order valence-corrected chi connectivity index (χ3v) is 3.57. The Bertz CT molecular complexity index is 183. The van der Waals surface area contributed by atoms with E-state index >= 15 is 0 Å². The van der Waals surface area contributed by atoms with Crippen molar-refractivity contribution in [2.24, 2.45) is 0 Å². The average molecular weight is 231 g/mol. The van der Waals surface area contributed by atoms with E-state index in [1.165, 1.54) is 23.9 Å². The Labute approximate surface area is 95.1 Å². The first-order chi connectivity index (χ1) is 6.76. The molecule has 0 aliphatic carbocycles. The lowest BCUT2D eigenvalue weighted by Crippen LogP contribution is -2.17. The molecule has 2 nitrogen and oxygen atoms in total. The minimum Gasteiger partial charge on any atom is -0.273 e. The molecule has 0 radical (unpaired) electrons. The van der Waals surface area contributed by atoms with Gasteiger partial charge in [0.05, 0.1) is 0 Å². The van der Waals surface area contributed by atoms with Crippen LogP contribution in [0.15, 0.2) is 25.3 Å². The summed E-state index contributed by atoms with van der Waals surface area (Å²) >= 11 is 2.98. The maximum Gasteiger partial charge on any atom is 0.242 e. The monoisotopic (exact) mass is 231 g/mol. The van der Waals surface area contributed by atoms with E-state index in [-0.39, 0.29) is 5.91 Å². The topological polar surface area (TPSA) is 20.3 Å². The highest BCUT2D eigenvalue weighted by Crippen LogP contribution is 2.23. The zero-order valence-corrected chi connectivity index (χ0v) is 10.2. The molecule has 0 saturated heterocycles. The molecule has 14 heavy (non-hydrogen) atoms. The molecule has 4 heteroatoms. The predicted octanol–water partition coefficient (Wildman–Crippen LogP) is 3.28. The van der Waals surface area contributed by atoms with E-state index in [1.807, 2.05) is 6.92 Å². The lowest BCUT2D eigenvalue weighted by atomic mass is 10.3. The van der Waals surface area contributed by atoms with E-state index in [2.05, 4.69) is 13.2 Å². The van der Waals surface area contributed by atoms with Crippen LogP contribution >= 0.6 is 23.9 Å². The molecule has 0 unspecified atom stereocenters. The Morgan fingerprint density at radius 3 is 2.14 bits per heavy atom. The molecule has 0 atom stereocenters. The largest absolute Gasteiger partial charge is 0.273 e. The third-order valence-electron chi connectivity index (χ3n) is 1.29. The summed E-state index contributed by atoms with van der Waals surface area (Å²) in [6.45, 7) is 9.27. The van der Waals surface area contributed by atoms with Crippen molar-refractivity contribution in [3.05, 3.63) is 25.3 Å². The maximum absolute atomic E-state index is 11.6. The summed E-state index contributed by atoms with van der Waals surface area (Å²) in [5, 5.41) is 0. The van der Waals surface area contributed by atoms with Crippen molar-refractivity contribution in [1.82, 2.24) is 3.71 Å². The van der Waals surface area contributed by atoms with Crippen LogP contribution in [0, 0.1) is 0 Å². The molecular formula is C10H17NOS2. The van der Waals surface area contributed by atoms with Crippen LogP contribution in [0.2, 0.25) is 0 Å². The van der Waals surface area contributed by atoms with E-state index in [9.17, 15) is 4.79 Å². The van der Waals surface area contributed by atoms with Crippen LogP contribution in [0.4, 0.5) is 0 Å². The smallest absolute Gasteiger partial charge is 0.242 e. The summed E-state index contributed by atoms with van der Waals surface area (Å²) < 4.78 is 1.73. The van der Waals surface area contributed by atoms with Gasteiger partial charge in [0.2, 0.25) is 5.91 Å². The van der Waals surface area contributed by atoms with Gasteiger partial charge in [-0.1, -0.05) is 19.1 Å². The number of hydrogen-bond acceptors (Lipinski definition) is 3. The Morgan fingerprint density at radius 2 is 1.79 bits per heavy atom. The summed E-state index contributed by atoms with van der Waals surface area (Å²) in [5.41, 5.74) is 0. The second-order valence-corrected chi connectivity index (χ2v) is 4.71. The van der Waals surface area contributed by atoms with Gasteiger partial charge in [-0.15, -0.1) is 13.2 Å². The zero-order chi connectivity index (χ0) is 10.8. The number of amides is 1. The molecule has 0 spiro atoms. The zero-order valence-electron chi connectivity index (χ0n) is 8.57. The van der Waals surface area contributed by atoms with Gasteiger partial charge in [-0.25, -0.2) is 3.71 Å². The summed E-state index contributed by atoms with van der Waals surface area (Å²) in [5.74, 6) is 1.70. The minimum atomic E-state index is 0.172. The highest BCUT2D eigenvalue weighted by atomic mass is 32.2. The number of hydrogen-bond donors (Lipinski definition) is 0. The van der Waals surface area contributed by atoms with Crippen LogP contribution in [0.1, 0.15) is 19.8 Å². The second-order valence-electron chi connectivity index (χ2n) is 2.57.